The number of nitrogens with one attached hydrogen (secondary N) is 1. The average Bonchev–Trinajstić information content (AvgIpc) is 2.76. The van der Waals surface area contributed by atoms with E-state index in [4.69, 9.17) is 0 Å². The van der Waals surface area contributed by atoms with Crippen molar-refractivity contribution < 1.29 is 4.79 Å². The number of nitrogens with zero attached hydrogens (tertiary/aromatic N) is 2. The molecule has 1 aliphatic heterocycles. The maximum atomic E-state index is 12.0. The first-order chi connectivity index (χ1) is 9.22. The van der Waals surface area contributed by atoms with E-state index in [0.29, 0.717) is 0 Å². The van der Waals surface area contributed by atoms with Gasteiger partial charge in [0, 0.05) is 32.7 Å². The molecule has 2 amide bonds. The monoisotopic (exact) mass is 261 g/mol. The maximum absolute atomic E-state index is 12.0. The fraction of sp³-hybridized carbons (Fsp3) is 0.533. The standard InChI is InChI=1S/C15H23N3O/c1-3-9-16-14(13-7-5-4-6-8-13)12-18-11-10-17(2)15(18)19/h4-8,14,16H,3,9-12H2,1-2H3. The van der Waals surface area contributed by atoms with Crippen LogP contribution in [0, 0.1) is 0 Å². The van der Waals surface area contributed by atoms with Crippen molar-refractivity contribution in [3.8, 4) is 0 Å². The zero-order chi connectivity index (χ0) is 13.7. The molecule has 0 aliphatic carbocycles. The van der Waals surface area contributed by atoms with Gasteiger partial charge in [-0.15, -0.1) is 0 Å². The minimum absolute atomic E-state index is 0.138. The molecule has 19 heavy (non-hydrogen) atoms. The number of carbonyl (C=O) groups excluding carboxylic acids is 1. The molecule has 1 aliphatic rings. The first-order valence-corrected chi connectivity index (χ1v) is 7.00. The lowest BCUT2D eigenvalue weighted by Crippen LogP contribution is -2.37. The summed E-state index contributed by atoms with van der Waals surface area (Å²) in [7, 11) is 1.86. The van der Waals surface area contributed by atoms with Crippen molar-refractivity contribution in [2.75, 3.05) is 33.2 Å². The molecule has 1 saturated heterocycles. The SMILES string of the molecule is CCCNC(CN1CCN(C)C1=O)c1ccccc1. The molecular weight excluding hydrogens is 238 g/mol. The molecule has 0 aromatic heterocycles. The predicted molar refractivity (Wildman–Crippen MR) is 77.1 cm³/mol. The quantitative estimate of drug-likeness (QED) is 0.851. The summed E-state index contributed by atoms with van der Waals surface area (Å²) in [5.74, 6) is 0. The molecule has 0 radical (unpaired) electrons. The molecule has 1 aromatic carbocycles. The summed E-state index contributed by atoms with van der Waals surface area (Å²) in [6, 6.07) is 10.7. The van der Waals surface area contributed by atoms with Gasteiger partial charge in [0.2, 0.25) is 0 Å². The van der Waals surface area contributed by atoms with Crippen molar-refractivity contribution in [2.45, 2.75) is 19.4 Å². The van der Waals surface area contributed by atoms with Crippen LogP contribution in [0.4, 0.5) is 4.79 Å². The number of rotatable bonds is 6. The Labute approximate surface area is 115 Å². The number of urea groups is 1. The van der Waals surface area contributed by atoms with Crippen LogP contribution in [0.3, 0.4) is 0 Å². The highest BCUT2D eigenvalue weighted by Crippen LogP contribution is 2.17. The van der Waals surface area contributed by atoms with Gasteiger partial charge in [0.25, 0.3) is 0 Å². The zero-order valence-corrected chi connectivity index (χ0v) is 11.8. The zero-order valence-electron chi connectivity index (χ0n) is 11.8. The van der Waals surface area contributed by atoms with Crippen LogP contribution in [0.15, 0.2) is 30.3 Å². The molecule has 0 saturated carbocycles. The van der Waals surface area contributed by atoms with Gasteiger partial charge < -0.3 is 15.1 Å². The van der Waals surface area contributed by atoms with Gasteiger partial charge in [0.05, 0.1) is 0 Å². The normalized spacial score (nSPS) is 17.1. The molecule has 1 unspecified atom stereocenters. The molecule has 2 rings (SSSR count). The third kappa shape index (κ3) is 3.47. The van der Waals surface area contributed by atoms with Crippen LogP contribution in [0.25, 0.3) is 0 Å². The average molecular weight is 261 g/mol. The van der Waals surface area contributed by atoms with E-state index in [-0.39, 0.29) is 12.1 Å². The molecule has 4 nitrogen and oxygen atoms in total. The predicted octanol–water partition coefficient (Wildman–Crippen LogP) is 2.09. The Kier molecular flexibility index (Phi) is 4.80. The molecule has 0 bridgehead atoms. The number of amides is 2. The Bertz CT molecular complexity index is 407. The fourth-order valence-corrected chi connectivity index (χ4v) is 2.38. The van der Waals surface area contributed by atoms with E-state index in [1.54, 1.807) is 4.90 Å². The summed E-state index contributed by atoms with van der Waals surface area (Å²) in [6.07, 6.45) is 1.09. The van der Waals surface area contributed by atoms with Crippen LogP contribution >= 0.6 is 0 Å². The summed E-state index contributed by atoms with van der Waals surface area (Å²) >= 11 is 0. The fourth-order valence-electron chi connectivity index (χ4n) is 2.38. The van der Waals surface area contributed by atoms with Gasteiger partial charge in [0.15, 0.2) is 0 Å². The van der Waals surface area contributed by atoms with Gasteiger partial charge in [-0.05, 0) is 18.5 Å². The number of likely N-dealkylation sites (N-methyl/N-ethyl adjacent to an activating group) is 1. The summed E-state index contributed by atoms with van der Waals surface area (Å²) < 4.78 is 0. The summed E-state index contributed by atoms with van der Waals surface area (Å²) in [5.41, 5.74) is 1.25. The van der Waals surface area contributed by atoms with Gasteiger partial charge in [-0.3, -0.25) is 0 Å². The van der Waals surface area contributed by atoms with Crippen LogP contribution in [0.1, 0.15) is 24.9 Å². The molecule has 1 fully saturated rings. The minimum atomic E-state index is 0.138. The third-order valence-corrected chi connectivity index (χ3v) is 3.55. The van der Waals surface area contributed by atoms with Gasteiger partial charge >= 0.3 is 6.03 Å². The van der Waals surface area contributed by atoms with Crippen molar-refractivity contribution >= 4 is 6.03 Å². The maximum Gasteiger partial charge on any atom is 0.319 e. The lowest BCUT2D eigenvalue weighted by molar-refractivity contribution is 0.194. The van der Waals surface area contributed by atoms with Crippen LogP contribution in [-0.4, -0.2) is 49.1 Å². The van der Waals surface area contributed by atoms with E-state index in [9.17, 15) is 4.79 Å². The molecule has 1 heterocycles. The highest BCUT2D eigenvalue weighted by atomic mass is 16.2. The Morgan fingerprint density at radius 1 is 1.26 bits per heavy atom. The second-order valence-corrected chi connectivity index (χ2v) is 5.07. The smallest absolute Gasteiger partial charge is 0.319 e. The van der Waals surface area contributed by atoms with E-state index < -0.39 is 0 Å². The first-order valence-electron chi connectivity index (χ1n) is 7.00. The number of carbonyl (C=O) groups is 1. The molecular formula is C15H23N3O. The lowest BCUT2D eigenvalue weighted by Gasteiger charge is -2.25. The topological polar surface area (TPSA) is 35.6 Å². The Morgan fingerprint density at radius 3 is 2.58 bits per heavy atom. The third-order valence-electron chi connectivity index (χ3n) is 3.55. The van der Waals surface area contributed by atoms with Gasteiger partial charge in [0.1, 0.15) is 0 Å². The highest BCUT2D eigenvalue weighted by Gasteiger charge is 2.27. The van der Waals surface area contributed by atoms with E-state index in [1.807, 2.05) is 30.1 Å². The van der Waals surface area contributed by atoms with Crippen molar-refractivity contribution in [3.05, 3.63) is 35.9 Å². The number of hydrogen-bond acceptors (Lipinski definition) is 2. The van der Waals surface area contributed by atoms with Gasteiger partial charge in [-0.1, -0.05) is 37.3 Å². The highest BCUT2D eigenvalue weighted by molar-refractivity contribution is 5.76. The van der Waals surface area contributed by atoms with Crippen molar-refractivity contribution in [3.63, 3.8) is 0 Å². The van der Waals surface area contributed by atoms with Crippen molar-refractivity contribution in [1.82, 2.24) is 15.1 Å². The van der Waals surface area contributed by atoms with E-state index in [1.165, 1.54) is 5.56 Å². The summed E-state index contributed by atoms with van der Waals surface area (Å²) in [5, 5.41) is 3.54. The second kappa shape index (κ2) is 6.57. The molecule has 1 N–H and O–H groups in total. The van der Waals surface area contributed by atoms with E-state index in [0.717, 1.165) is 32.6 Å². The Balaban J connectivity index is 2.04. The minimum Gasteiger partial charge on any atom is -0.326 e. The second-order valence-electron chi connectivity index (χ2n) is 5.07. The van der Waals surface area contributed by atoms with Crippen molar-refractivity contribution in [1.29, 1.82) is 0 Å². The van der Waals surface area contributed by atoms with Crippen LogP contribution in [-0.2, 0) is 0 Å². The summed E-state index contributed by atoms with van der Waals surface area (Å²) in [6.45, 7) is 5.52. The van der Waals surface area contributed by atoms with Crippen LogP contribution in [0.2, 0.25) is 0 Å². The van der Waals surface area contributed by atoms with E-state index >= 15 is 0 Å². The van der Waals surface area contributed by atoms with Gasteiger partial charge in [-0.2, -0.15) is 0 Å². The Hall–Kier alpha value is -1.55. The molecule has 104 valence electrons. The Morgan fingerprint density at radius 2 is 2.00 bits per heavy atom. The molecule has 0 spiro atoms. The molecule has 1 aromatic rings. The number of benzene rings is 1. The van der Waals surface area contributed by atoms with Crippen LogP contribution in [0.5, 0.6) is 0 Å². The van der Waals surface area contributed by atoms with E-state index in [2.05, 4.69) is 24.4 Å². The van der Waals surface area contributed by atoms with Gasteiger partial charge in [-0.25, -0.2) is 4.79 Å². The van der Waals surface area contributed by atoms with Crippen LogP contribution < -0.4 is 5.32 Å². The number of hydrogen-bond donors (Lipinski definition) is 1. The summed E-state index contributed by atoms with van der Waals surface area (Å²) in [4.78, 5) is 15.7. The largest absolute Gasteiger partial charge is 0.326 e. The first kappa shape index (κ1) is 13.9. The van der Waals surface area contributed by atoms with Crippen molar-refractivity contribution in [2.24, 2.45) is 0 Å². The lowest BCUT2D eigenvalue weighted by atomic mass is 10.1. The molecule has 4 heteroatoms. The molecule has 1 atom stereocenters.